The molecule has 0 aliphatic carbocycles. The second-order valence-corrected chi connectivity index (χ2v) is 5.75. The van der Waals surface area contributed by atoms with Crippen LogP contribution in [0, 0.1) is 17.2 Å². The van der Waals surface area contributed by atoms with Crippen LogP contribution < -0.4 is 5.73 Å². The van der Waals surface area contributed by atoms with Crippen LogP contribution in [0.3, 0.4) is 0 Å². The monoisotopic (exact) mass is 237 g/mol. The number of rotatable bonds is 5. The molecule has 17 heavy (non-hydrogen) atoms. The van der Waals surface area contributed by atoms with E-state index in [4.69, 9.17) is 11.0 Å². The van der Waals surface area contributed by atoms with E-state index < -0.39 is 5.54 Å². The summed E-state index contributed by atoms with van der Waals surface area (Å²) >= 11 is 0. The lowest BCUT2D eigenvalue weighted by Crippen LogP contribution is -2.43. The minimum atomic E-state index is -0.607. The Bertz CT molecular complexity index is 271. The quantitative estimate of drug-likeness (QED) is 0.799. The smallest absolute Gasteiger partial charge is 0.104 e. The van der Waals surface area contributed by atoms with Gasteiger partial charge in [-0.15, -0.1) is 0 Å². The van der Waals surface area contributed by atoms with Crippen LogP contribution in [0.4, 0.5) is 0 Å². The zero-order chi connectivity index (χ0) is 12.9. The molecule has 0 amide bonds. The van der Waals surface area contributed by atoms with Crippen LogP contribution >= 0.6 is 0 Å². The second kappa shape index (κ2) is 6.37. The van der Waals surface area contributed by atoms with Crippen molar-refractivity contribution in [2.45, 2.75) is 64.5 Å². The van der Waals surface area contributed by atoms with Gasteiger partial charge in [-0.25, -0.2) is 0 Å². The van der Waals surface area contributed by atoms with E-state index in [9.17, 15) is 0 Å². The van der Waals surface area contributed by atoms with Crippen molar-refractivity contribution in [2.75, 3.05) is 13.1 Å². The minimum absolute atomic E-state index is 0.607. The number of nitriles is 1. The molecule has 1 heterocycles. The first-order valence-electron chi connectivity index (χ1n) is 6.95. The third kappa shape index (κ3) is 4.29. The lowest BCUT2D eigenvalue weighted by molar-refractivity contribution is 0.121. The molecule has 98 valence electrons. The van der Waals surface area contributed by atoms with Gasteiger partial charge in [-0.1, -0.05) is 13.8 Å². The number of nitrogens with two attached hydrogens (primary N) is 1. The van der Waals surface area contributed by atoms with Gasteiger partial charge in [0.25, 0.3) is 0 Å². The topological polar surface area (TPSA) is 53.1 Å². The highest BCUT2D eigenvalue weighted by Gasteiger charge is 2.25. The predicted octanol–water partition coefficient (Wildman–Crippen LogP) is 2.52. The van der Waals surface area contributed by atoms with Gasteiger partial charge in [0.1, 0.15) is 5.54 Å². The molecule has 0 aromatic carbocycles. The van der Waals surface area contributed by atoms with Crippen molar-refractivity contribution in [2.24, 2.45) is 11.7 Å². The molecular formula is C14H27N3. The average Bonchev–Trinajstić information content (AvgIpc) is 2.33. The summed E-state index contributed by atoms with van der Waals surface area (Å²) in [6.45, 7) is 8.93. The third-order valence-electron chi connectivity index (χ3n) is 4.17. The maximum atomic E-state index is 9.03. The fourth-order valence-electron chi connectivity index (χ4n) is 2.60. The van der Waals surface area contributed by atoms with Crippen molar-refractivity contribution < 1.29 is 0 Å². The first-order chi connectivity index (χ1) is 8.00. The van der Waals surface area contributed by atoms with Gasteiger partial charge in [-0.3, -0.25) is 0 Å². The normalized spacial score (nSPS) is 29.6. The van der Waals surface area contributed by atoms with Gasteiger partial charge in [0.2, 0.25) is 0 Å². The zero-order valence-electron chi connectivity index (χ0n) is 11.6. The van der Waals surface area contributed by atoms with Crippen molar-refractivity contribution in [3.63, 3.8) is 0 Å². The fourth-order valence-corrected chi connectivity index (χ4v) is 2.60. The van der Waals surface area contributed by atoms with Gasteiger partial charge in [0, 0.05) is 12.6 Å². The molecule has 0 saturated carbocycles. The Kier molecular flexibility index (Phi) is 5.42. The molecule has 0 spiro atoms. The molecule has 3 unspecified atom stereocenters. The summed E-state index contributed by atoms with van der Waals surface area (Å²) in [5.41, 5.74) is 5.39. The summed E-state index contributed by atoms with van der Waals surface area (Å²) in [4.78, 5) is 2.56. The highest BCUT2D eigenvalue weighted by molar-refractivity contribution is 5.03. The standard InChI is InChI=1S/C14H27N3/c1-4-14(16,11-15)8-5-9-17-10-12(2)6-7-13(17)3/h12-13H,4-10,16H2,1-3H3. The van der Waals surface area contributed by atoms with E-state index >= 15 is 0 Å². The van der Waals surface area contributed by atoms with Crippen molar-refractivity contribution in [3.05, 3.63) is 0 Å². The van der Waals surface area contributed by atoms with Crippen molar-refractivity contribution >= 4 is 0 Å². The van der Waals surface area contributed by atoms with Gasteiger partial charge in [-0.05, 0) is 51.5 Å². The summed E-state index contributed by atoms with van der Waals surface area (Å²) in [6, 6.07) is 2.94. The van der Waals surface area contributed by atoms with Crippen LogP contribution in [0.5, 0.6) is 0 Å². The molecular weight excluding hydrogens is 210 g/mol. The summed E-state index contributed by atoms with van der Waals surface area (Å²) in [5, 5.41) is 9.03. The van der Waals surface area contributed by atoms with E-state index in [0.29, 0.717) is 6.04 Å². The number of hydrogen-bond donors (Lipinski definition) is 1. The van der Waals surface area contributed by atoms with E-state index in [1.165, 1.54) is 19.4 Å². The largest absolute Gasteiger partial charge is 0.313 e. The summed E-state index contributed by atoms with van der Waals surface area (Å²) in [5.74, 6) is 0.816. The Balaban J connectivity index is 2.33. The van der Waals surface area contributed by atoms with Gasteiger partial charge in [-0.2, -0.15) is 5.26 Å². The van der Waals surface area contributed by atoms with E-state index in [-0.39, 0.29) is 0 Å². The van der Waals surface area contributed by atoms with Crippen molar-refractivity contribution in [1.82, 2.24) is 4.90 Å². The Hall–Kier alpha value is -0.590. The Morgan fingerprint density at radius 3 is 2.71 bits per heavy atom. The van der Waals surface area contributed by atoms with E-state index in [2.05, 4.69) is 24.8 Å². The van der Waals surface area contributed by atoms with Gasteiger partial charge in [0.05, 0.1) is 6.07 Å². The maximum absolute atomic E-state index is 9.03. The number of piperidine rings is 1. The fraction of sp³-hybridized carbons (Fsp3) is 0.929. The average molecular weight is 237 g/mol. The molecule has 1 aliphatic heterocycles. The summed E-state index contributed by atoms with van der Waals surface area (Å²) in [7, 11) is 0. The minimum Gasteiger partial charge on any atom is -0.313 e. The molecule has 1 aliphatic rings. The number of hydrogen-bond acceptors (Lipinski definition) is 3. The Labute approximate surface area is 106 Å². The van der Waals surface area contributed by atoms with E-state index in [1.807, 2.05) is 6.92 Å². The molecule has 0 aromatic rings. The molecule has 1 saturated heterocycles. The lowest BCUT2D eigenvalue weighted by Gasteiger charge is -2.37. The predicted molar refractivity (Wildman–Crippen MR) is 71.5 cm³/mol. The van der Waals surface area contributed by atoms with Crippen molar-refractivity contribution in [1.29, 1.82) is 5.26 Å². The molecule has 0 radical (unpaired) electrons. The molecule has 1 fully saturated rings. The third-order valence-corrected chi connectivity index (χ3v) is 4.17. The van der Waals surface area contributed by atoms with Crippen LogP contribution in [0.1, 0.15) is 52.9 Å². The molecule has 1 rings (SSSR count). The van der Waals surface area contributed by atoms with Crippen LogP contribution in [-0.2, 0) is 0 Å². The van der Waals surface area contributed by atoms with E-state index in [0.717, 1.165) is 31.7 Å². The first kappa shape index (κ1) is 14.5. The van der Waals surface area contributed by atoms with Crippen LogP contribution in [0.15, 0.2) is 0 Å². The van der Waals surface area contributed by atoms with E-state index in [1.54, 1.807) is 0 Å². The molecule has 0 bridgehead atoms. The lowest BCUT2D eigenvalue weighted by atomic mass is 9.91. The highest BCUT2D eigenvalue weighted by Crippen LogP contribution is 2.22. The van der Waals surface area contributed by atoms with Gasteiger partial charge < -0.3 is 10.6 Å². The Morgan fingerprint density at radius 2 is 2.12 bits per heavy atom. The number of nitrogens with zero attached hydrogens (tertiary/aromatic N) is 2. The maximum Gasteiger partial charge on any atom is 0.104 e. The molecule has 3 nitrogen and oxygen atoms in total. The van der Waals surface area contributed by atoms with Gasteiger partial charge >= 0.3 is 0 Å². The molecule has 0 aromatic heterocycles. The number of likely N-dealkylation sites (tertiary alicyclic amines) is 1. The van der Waals surface area contributed by atoms with Crippen molar-refractivity contribution in [3.8, 4) is 6.07 Å². The molecule has 3 heteroatoms. The van der Waals surface area contributed by atoms with Crippen LogP contribution in [0.2, 0.25) is 0 Å². The summed E-state index contributed by atoms with van der Waals surface area (Å²) in [6.07, 6.45) is 5.26. The van der Waals surface area contributed by atoms with Gasteiger partial charge in [0.15, 0.2) is 0 Å². The SMILES string of the molecule is CCC(N)(C#N)CCCN1CC(C)CCC1C. The second-order valence-electron chi connectivity index (χ2n) is 5.75. The molecule has 3 atom stereocenters. The van der Waals surface area contributed by atoms with Crippen LogP contribution in [-0.4, -0.2) is 29.6 Å². The highest BCUT2D eigenvalue weighted by atomic mass is 15.2. The first-order valence-corrected chi connectivity index (χ1v) is 6.95. The summed E-state index contributed by atoms with van der Waals surface area (Å²) < 4.78 is 0. The molecule has 2 N–H and O–H groups in total. The van der Waals surface area contributed by atoms with Crippen LogP contribution in [0.25, 0.3) is 0 Å². The Morgan fingerprint density at radius 1 is 1.41 bits per heavy atom. The zero-order valence-corrected chi connectivity index (χ0v) is 11.6.